The van der Waals surface area contributed by atoms with Crippen LogP contribution in [-0.4, -0.2) is 35.3 Å². The molecule has 0 spiro atoms. The smallest absolute Gasteiger partial charge is 0.243 e. The summed E-state index contributed by atoms with van der Waals surface area (Å²) in [4.78, 5) is 26.3. The first-order chi connectivity index (χ1) is 10.1. The summed E-state index contributed by atoms with van der Waals surface area (Å²) in [6, 6.07) is 7.33. The van der Waals surface area contributed by atoms with Gasteiger partial charge in [-0.25, -0.2) is 0 Å². The molecule has 3 rings (SSSR count). The predicted octanol–water partition coefficient (Wildman–Crippen LogP) is 2.15. The number of nitrogens with one attached hydrogen (secondary N) is 1. The molecule has 1 aliphatic carbocycles. The molecule has 0 radical (unpaired) electrons. The van der Waals surface area contributed by atoms with Gasteiger partial charge in [-0.15, -0.1) is 0 Å². The van der Waals surface area contributed by atoms with E-state index in [0.717, 1.165) is 31.2 Å². The average molecular weight is 307 g/mol. The molecule has 4 nitrogen and oxygen atoms in total. The van der Waals surface area contributed by atoms with Gasteiger partial charge in [0.05, 0.1) is 6.42 Å². The van der Waals surface area contributed by atoms with E-state index in [4.69, 9.17) is 11.6 Å². The van der Waals surface area contributed by atoms with Crippen molar-refractivity contribution in [2.75, 3.05) is 6.54 Å². The molecule has 1 saturated heterocycles. The van der Waals surface area contributed by atoms with E-state index in [1.807, 2.05) is 12.1 Å². The van der Waals surface area contributed by atoms with Crippen molar-refractivity contribution in [3.05, 3.63) is 34.9 Å². The Morgan fingerprint density at radius 3 is 2.57 bits per heavy atom. The van der Waals surface area contributed by atoms with Crippen LogP contribution in [-0.2, 0) is 16.0 Å². The maximum atomic E-state index is 12.4. The molecule has 2 fully saturated rings. The molecule has 1 unspecified atom stereocenters. The van der Waals surface area contributed by atoms with Crippen molar-refractivity contribution in [1.82, 2.24) is 10.2 Å². The highest BCUT2D eigenvalue weighted by molar-refractivity contribution is 6.30. The minimum Gasteiger partial charge on any atom is -0.352 e. The van der Waals surface area contributed by atoms with Crippen molar-refractivity contribution in [1.29, 1.82) is 0 Å². The van der Waals surface area contributed by atoms with E-state index in [1.54, 1.807) is 17.0 Å². The van der Waals surface area contributed by atoms with Gasteiger partial charge in [0.15, 0.2) is 0 Å². The highest BCUT2D eigenvalue weighted by Gasteiger charge is 2.36. The number of likely N-dealkylation sites (tertiary alicyclic amines) is 1. The summed E-state index contributed by atoms with van der Waals surface area (Å²) in [7, 11) is 0. The van der Waals surface area contributed by atoms with E-state index >= 15 is 0 Å². The lowest BCUT2D eigenvalue weighted by molar-refractivity contribution is -0.138. The lowest BCUT2D eigenvalue weighted by Gasteiger charge is -2.24. The van der Waals surface area contributed by atoms with Crippen molar-refractivity contribution in [3.63, 3.8) is 0 Å². The van der Waals surface area contributed by atoms with Crippen molar-refractivity contribution < 1.29 is 9.59 Å². The lowest BCUT2D eigenvalue weighted by atomic mass is 10.1. The Bertz CT molecular complexity index is 540. The number of amides is 2. The zero-order chi connectivity index (χ0) is 14.8. The Hall–Kier alpha value is -1.55. The van der Waals surface area contributed by atoms with Crippen LogP contribution in [0.3, 0.4) is 0 Å². The fourth-order valence-corrected chi connectivity index (χ4v) is 2.87. The van der Waals surface area contributed by atoms with E-state index in [9.17, 15) is 9.59 Å². The van der Waals surface area contributed by atoms with Crippen LogP contribution < -0.4 is 5.32 Å². The van der Waals surface area contributed by atoms with E-state index in [2.05, 4.69) is 5.32 Å². The molecule has 0 aromatic heterocycles. The monoisotopic (exact) mass is 306 g/mol. The summed E-state index contributed by atoms with van der Waals surface area (Å²) >= 11 is 5.85. The lowest BCUT2D eigenvalue weighted by Crippen LogP contribution is -2.47. The quantitative estimate of drug-likeness (QED) is 0.926. The van der Waals surface area contributed by atoms with Gasteiger partial charge in [0.25, 0.3) is 0 Å². The number of benzene rings is 1. The van der Waals surface area contributed by atoms with Gasteiger partial charge in [-0.1, -0.05) is 23.7 Å². The fraction of sp³-hybridized carbons (Fsp3) is 0.500. The Balaban J connectivity index is 1.62. The molecular weight excluding hydrogens is 288 g/mol. The number of carbonyl (C=O) groups excluding carboxylic acids is 2. The first-order valence-electron chi connectivity index (χ1n) is 7.48. The molecule has 1 aromatic carbocycles. The maximum Gasteiger partial charge on any atom is 0.243 e. The van der Waals surface area contributed by atoms with Crippen LogP contribution in [0.1, 0.15) is 31.2 Å². The van der Waals surface area contributed by atoms with Gasteiger partial charge < -0.3 is 10.2 Å². The molecule has 5 heteroatoms. The van der Waals surface area contributed by atoms with E-state index < -0.39 is 0 Å². The average Bonchev–Trinajstić information content (AvgIpc) is 3.13. The van der Waals surface area contributed by atoms with E-state index in [-0.39, 0.29) is 17.9 Å². The molecule has 1 heterocycles. The standard InChI is InChI=1S/C16H19ClN2O2/c17-12-5-3-11(4-6-12)10-15(20)19-9-1-2-14(19)16(21)18-13-7-8-13/h3-6,13-14H,1-2,7-10H2,(H,18,21). The fourth-order valence-electron chi connectivity index (χ4n) is 2.74. The van der Waals surface area contributed by atoms with Crippen LogP contribution in [0.4, 0.5) is 0 Å². The third-order valence-electron chi connectivity index (χ3n) is 4.07. The molecule has 1 N–H and O–H groups in total. The molecule has 1 aromatic rings. The normalized spacial score (nSPS) is 21.4. The number of nitrogens with zero attached hydrogens (tertiary/aromatic N) is 1. The first-order valence-corrected chi connectivity index (χ1v) is 7.85. The second-order valence-corrected chi connectivity index (χ2v) is 6.27. The van der Waals surface area contributed by atoms with Gasteiger partial charge in [-0.3, -0.25) is 9.59 Å². The van der Waals surface area contributed by atoms with Crippen LogP contribution >= 0.6 is 11.6 Å². The minimum absolute atomic E-state index is 0.0134. The molecule has 112 valence electrons. The van der Waals surface area contributed by atoms with Crippen molar-refractivity contribution in [2.45, 2.75) is 44.2 Å². The highest BCUT2D eigenvalue weighted by Crippen LogP contribution is 2.23. The summed E-state index contributed by atoms with van der Waals surface area (Å²) in [6.45, 7) is 0.676. The predicted molar refractivity (Wildman–Crippen MR) is 81.1 cm³/mol. The largest absolute Gasteiger partial charge is 0.352 e. The molecule has 2 aliphatic rings. The first kappa shape index (κ1) is 14.4. The zero-order valence-electron chi connectivity index (χ0n) is 11.8. The summed E-state index contributed by atoms with van der Waals surface area (Å²) in [5.41, 5.74) is 0.928. The molecule has 0 bridgehead atoms. The van der Waals surface area contributed by atoms with Gasteiger partial charge in [0.1, 0.15) is 6.04 Å². The van der Waals surface area contributed by atoms with Crippen LogP contribution in [0.25, 0.3) is 0 Å². The minimum atomic E-state index is -0.287. The second-order valence-electron chi connectivity index (χ2n) is 5.83. The molecule has 1 atom stereocenters. The molecule has 21 heavy (non-hydrogen) atoms. The third-order valence-corrected chi connectivity index (χ3v) is 4.32. The third kappa shape index (κ3) is 3.56. The van der Waals surface area contributed by atoms with E-state index in [1.165, 1.54) is 0 Å². The van der Waals surface area contributed by atoms with Crippen LogP contribution in [0.15, 0.2) is 24.3 Å². The molecule has 1 saturated carbocycles. The Kier molecular flexibility index (Phi) is 4.15. The van der Waals surface area contributed by atoms with Crippen molar-refractivity contribution in [2.24, 2.45) is 0 Å². The molecule has 1 aliphatic heterocycles. The van der Waals surface area contributed by atoms with Crippen LogP contribution in [0, 0.1) is 0 Å². The van der Waals surface area contributed by atoms with Crippen LogP contribution in [0.5, 0.6) is 0 Å². The van der Waals surface area contributed by atoms with Gasteiger partial charge in [0, 0.05) is 17.6 Å². The zero-order valence-corrected chi connectivity index (χ0v) is 12.6. The Morgan fingerprint density at radius 1 is 1.19 bits per heavy atom. The van der Waals surface area contributed by atoms with Gasteiger partial charge in [0.2, 0.25) is 11.8 Å². The summed E-state index contributed by atoms with van der Waals surface area (Å²) in [5.74, 6) is 0.0326. The van der Waals surface area contributed by atoms with Gasteiger partial charge in [-0.05, 0) is 43.4 Å². The Labute approximate surface area is 129 Å². The SMILES string of the molecule is O=C(NC1CC1)C1CCCN1C(=O)Cc1ccc(Cl)cc1. The van der Waals surface area contributed by atoms with Crippen LogP contribution in [0.2, 0.25) is 5.02 Å². The second kappa shape index (κ2) is 6.06. The highest BCUT2D eigenvalue weighted by atomic mass is 35.5. The summed E-state index contributed by atoms with van der Waals surface area (Å²) in [6.07, 6.45) is 4.12. The van der Waals surface area contributed by atoms with Crippen molar-refractivity contribution >= 4 is 23.4 Å². The number of carbonyl (C=O) groups is 2. The summed E-state index contributed by atoms with van der Waals surface area (Å²) < 4.78 is 0. The maximum absolute atomic E-state index is 12.4. The van der Waals surface area contributed by atoms with Gasteiger partial charge >= 0.3 is 0 Å². The number of halogens is 1. The number of hydrogen-bond acceptors (Lipinski definition) is 2. The van der Waals surface area contributed by atoms with Gasteiger partial charge in [-0.2, -0.15) is 0 Å². The topological polar surface area (TPSA) is 49.4 Å². The Morgan fingerprint density at radius 2 is 1.90 bits per heavy atom. The molecular formula is C16H19ClN2O2. The van der Waals surface area contributed by atoms with E-state index in [0.29, 0.717) is 24.0 Å². The molecule has 2 amide bonds. The van der Waals surface area contributed by atoms with Crippen molar-refractivity contribution in [3.8, 4) is 0 Å². The number of rotatable bonds is 4. The summed E-state index contributed by atoms with van der Waals surface area (Å²) in [5, 5.41) is 3.66. The number of hydrogen-bond donors (Lipinski definition) is 1.